The third-order valence-corrected chi connectivity index (χ3v) is 5.22. The molecule has 4 rings (SSSR count). The molecule has 2 aromatic carbocycles. The SMILES string of the molecule is Cc1cccc(-c2nn(-c3ccc(F)cc3)cc2C(=O)NN2CC[NH+](C)CC2)c1. The third kappa shape index (κ3) is 4.36. The van der Waals surface area contributed by atoms with Crippen molar-refractivity contribution in [2.45, 2.75) is 6.92 Å². The van der Waals surface area contributed by atoms with Crippen LogP contribution in [0.3, 0.4) is 0 Å². The van der Waals surface area contributed by atoms with E-state index in [1.807, 2.05) is 36.2 Å². The summed E-state index contributed by atoms with van der Waals surface area (Å²) in [4.78, 5) is 14.6. The number of aryl methyl sites for hydroxylation is 1. The normalized spacial score (nSPS) is 15.4. The van der Waals surface area contributed by atoms with Crippen LogP contribution in [0.25, 0.3) is 16.9 Å². The van der Waals surface area contributed by atoms with E-state index in [1.54, 1.807) is 23.0 Å². The van der Waals surface area contributed by atoms with Crippen molar-refractivity contribution in [2.75, 3.05) is 33.2 Å². The van der Waals surface area contributed by atoms with Crippen LogP contribution < -0.4 is 10.3 Å². The number of amides is 1. The van der Waals surface area contributed by atoms with Gasteiger partial charge in [0.2, 0.25) is 0 Å². The minimum atomic E-state index is -0.310. The summed E-state index contributed by atoms with van der Waals surface area (Å²) in [7, 11) is 2.15. The van der Waals surface area contributed by atoms with Crippen LogP contribution in [0.4, 0.5) is 4.39 Å². The van der Waals surface area contributed by atoms with Gasteiger partial charge in [0.25, 0.3) is 5.91 Å². The number of quaternary nitrogens is 1. The van der Waals surface area contributed by atoms with Gasteiger partial charge in [-0.05, 0) is 37.3 Å². The maximum absolute atomic E-state index is 13.3. The van der Waals surface area contributed by atoms with Crippen LogP contribution in [0, 0.1) is 12.7 Å². The number of carbonyl (C=O) groups excluding carboxylic acids is 1. The van der Waals surface area contributed by atoms with E-state index >= 15 is 0 Å². The number of piperazine rings is 1. The highest BCUT2D eigenvalue weighted by molar-refractivity contribution is 5.99. The Morgan fingerprint density at radius 1 is 1.14 bits per heavy atom. The van der Waals surface area contributed by atoms with Crippen LogP contribution in [-0.2, 0) is 0 Å². The fourth-order valence-corrected chi connectivity index (χ4v) is 3.48. The molecule has 0 saturated carbocycles. The van der Waals surface area contributed by atoms with Crippen molar-refractivity contribution in [3.8, 4) is 16.9 Å². The van der Waals surface area contributed by atoms with E-state index in [0.717, 1.165) is 37.3 Å². The number of likely N-dealkylation sites (N-methyl/N-ethyl adjacent to an activating group) is 1. The molecule has 0 unspecified atom stereocenters. The topological polar surface area (TPSA) is 54.6 Å². The van der Waals surface area contributed by atoms with Crippen molar-refractivity contribution in [3.63, 3.8) is 0 Å². The molecule has 0 bridgehead atoms. The largest absolute Gasteiger partial charge is 0.335 e. The number of nitrogens with one attached hydrogen (secondary N) is 2. The van der Waals surface area contributed by atoms with Crippen molar-refractivity contribution < 1.29 is 14.1 Å². The number of nitrogens with zero attached hydrogens (tertiary/aromatic N) is 3. The van der Waals surface area contributed by atoms with Gasteiger partial charge < -0.3 is 4.90 Å². The molecular weight excluding hydrogens is 369 g/mol. The number of halogens is 1. The Bertz CT molecular complexity index is 1010. The summed E-state index contributed by atoms with van der Waals surface area (Å²) in [5, 5.41) is 6.62. The summed E-state index contributed by atoms with van der Waals surface area (Å²) in [5.74, 6) is -0.496. The second kappa shape index (κ2) is 8.14. The van der Waals surface area contributed by atoms with Crippen LogP contribution >= 0.6 is 0 Å². The fraction of sp³-hybridized carbons (Fsp3) is 0.273. The molecule has 1 fully saturated rings. The molecule has 0 spiro atoms. The van der Waals surface area contributed by atoms with Crippen molar-refractivity contribution in [2.24, 2.45) is 0 Å². The molecule has 1 aliphatic heterocycles. The van der Waals surface area contributed by atoms with Gasteiger partial charge in [-0.15, -0.1) is 0 Å². The average molecular weight is 394 g/mol. The molecule has 1 saturated heterocycles. The lowest BCUT2D eigenvalue weighted by molar-refractivity contribution is -0.884. The zero-order valence-electron chi connectivity index (χ0n) is 16.7. The molecule has 1 aliphatic rings. The van der Waals surface area contributed by atoms with Gasteiger partial charge in [-0.3, -0.25) is 10.2 Å². The van der Waals surface area contributed by atoms with Gasteiger partial charge in [-0.2, -0.15) is 5.10 Å². The number of hydrogen-bond acceptors (Lipinski definition) is 3. The van der Waals surface area contributed by atoms with Gasteiger partial charge >= 0.3 is 0 Å². The maximum Gasteiger partial charge on any atom is 0.269 e. The van der Waals surface area contributed by atoms with Crippen LogP contribution in [0.1, 0.15) is 15.9 Å². The highest BCUT2D eigenvalue weighted by atomic mass is 19.1. The van der Waals surface area contributed by atoms with Crippen molar-refractivity contribution in [1.82, 2.24) is 20.2 Å². The summed E-state index contributed by atoms with van der Waals surface area (Å²) in [6, 6.07) is 14.0. The van der Waals surface area contributed by atoms with Gasteiger partial charge in [-0.25, -0.2) is 14.1 Å². The smallest absolute Gasteiger partial charge is 0.269 e. The van der Waals surface area contributed by atoms with E-state index in [1.165, 1.54) is 17.0 Å². The quantitative estimate of drug-likeness (QED) is 0.705. The number of aromatic nitrogens is 2. The lowest BCUT2D eigenvalue weighted by Gasteiger charge is -2.30. The molecule has 0 radical (unpaired) electrons. The van der Waals surface area contributed by atoms with Crippen LogP contribution in [-0.4, -0.2) is 53.9 Å². The van der Waals surface area contributed by atoms with Crippen LogP contribution in [0.5, 0.6) is 0 Å². The zero-order valence-corrected chi connectivity index (χ0v) is 16.7. The minimum absolute atomic E-state index is 0.186. The third-order valence-electron chi connectivity index (χ3n) is 5.22. The lowest BCUT2D eigenvalue weighted by atomic mass is 10.1. The second-order valence-corrected chi connectivity index (χ2v) is 7.57. The summed E-state index contributed by atoms with van der Waals surface area (Å²) in [6.07, 6.45) is 1.71. The molecule has 29 heavy (non-hydrogen) atoms. The molecule has 2 N–H and O–H groups in total. The van der Waals surface area contributed by atoms with Crippen molar-refractivity contribution in [3.05, 3.63) is 71.7 Å². The number of rotatable bonds is 4. The minimum Gasteiger partial charge on any atom is -0.335 e. The molecule has 150 valence electrons. The number of benzene rings is 2. The van der Waals surface area contributed by atoms with Crippen LogP contribution in [0.2, 0.25) is 0 Å². The maximum atomic E-state index is 13.3. The Kier molecular flexibility index (Phi) is 5.42. The molecule has 1 amide bonds. The number of carbonyl (C=O) groups is 1. The Balaban J connectivity index is 1.68. The Hall–Kier alpha value is -3.03. The Morgan fingerprint density at radius 3 is 2.55 bits per heavy atom. The Labute approximate surface area is 169 Å². The monoisotopic (exact) mass is 394 g/mol. The summed E-state index contributed by atoms with van der Waals surface area (Å²) in [5.41, 5.74) is 6.78. The van der Waals surface area contributed by atoms with Crippen molar-refractivity contribution >= 4 is 5.91 Å². The number of hydrazine groups is 1. The number of hydrogen-bond donors (Lipinski definition) is 2. The fourth-order valence-electron chi connectivity index (χ4n) is 3.48. The highest BCUT2D eigenvalue weighted by Gasteiger charge is 2.23. The predicted molar refractivity (Wildman–Crippen MR) is 109 cm³/mol. The van der Waals surface area contributed by atoms with Gasteiger partial charge in [0.05, 0.1) is 44.5 Å². The van der Waals surface area contributed by atoms with E-state index < -0.39 is 0 Å². The first-order valence-electron chi connectivity index (χ1n) is 9.79. The molecule has 0 atom stereocenters. The predicted octanol–water partition coefficient (Wildman–Crippen LogP) is 1.46. The molecule has 1 aromatic heterocycles. The molecular formula is C22H25FN5O+. The van der Waals surface area contributed by atoms with Crippen LogP contribution in [0.15, 0.2) is 54.7 Å². The van der Waals surface area contributed by atoms with E-state index in [4.69, 9.17) is 0 Å². The van der Waals surface area contributed by atoms with E-state index in [0.29, 0.717) is 16.9 Å². The average Bonchev–Trinajstić information content (AvgIpc) is 3.16. The molecule has 7 heteroatoms. The zero-order chi connectivity index (χ0) is 20.4. The molecule has 2 heterocycles. The van der Waals surface area contributed by atoms with E-state index in [2.05, 4.69) is 17.6 Å². The first-order valence-corrected chi connectivity index (χ1v) is 9.79. The van der Waals surface area contributed by atoms with Crippen molar-refractivity contribution in [1.29, 1.82) is 0 Å². The second-order valence-electron chi connectivity index (χ2n) is 7.57. The lowest BCUT2D eigenvalue weighted by Crippen LogP contribution is -3.12. The molecule has 0 aliphatic carbocycles. The summed E-state index contributed by atoms with van der Waals surface area (Å²) >= 11 is 0. The van der Waals surface area contributed by atoms with Gasteiger partial charge in [-0.1, -0.05) is 23.8 Å². The first-order chi connectivity index (χ1) is 14.0. The van der Waals surface area contributed by atoms with Gasteiger partial charge in [0.15, 0.2) is 0 Å². The molecule has 3 aromatic rings. The standard InChI is InChI=1S/C22H24FN5O/c1-16-4-3-5-17(14-16)21-20(22(29)25-27-12-10-26(2)11-13-27)15-28(24-21)19-8-6-18(23)7-9-19/h3-9,14-15H,10-13H2,1-2H3,(H,25,29)/p+1. The summed E-state index contributed by atoms with van der Waals surface area (Å²) in [6.45, 7) is 5.60. The van der Waals surface area contributed by atoms with E-state index in [9.17, 15) is 9.18 Å². The highest BCUT2D eigenvalue weighted by Crippen LogP contribution is 2.25. The van der Waals surface area contributed by atoms with Gasteiger partial charge in [0.1, 0.15) is 11.5 Å². The van der Waals surface area contributed by atoms with E-state index in [-0.39, 0.29) is 11.7 Å². The first kappa shape index (κ1) is 19.3. The molecule has 6 nitrogen and oxygen atoms in total. The summed E-state index contributed by atoms with van der Waals surface area (Å²) < 4.78 is 14.9. The Morgan fingerprint density at radius 2 is 1.86 bits per heavy atom. The van der Waals surface area contributed by atoms with Gasteiger partial charge in [0, 0.05) is 11.8 Å².